The van der Waals surface area contributed by atoms with Crippen LogP contribution < -0.4 is 5.32 Å². The zero-order valence-electron chi connectivity index (χ0n) is 10.3. The SMILES string of the molecule is CCN1C(=O)NC(=Cc2csc3ccccc23)C1=O. The maximum atomic E-state index is 12.0. The van der Waals surface area contributed by atoms with E-state index < -0.39 is 0 Å². The number of urea groups is 1. The average Bonchev–Trinajstić information content (AvgIpc) is 2.93. The van der Waals surface area contributed by atoms with Gasteiger partial charge in [0.1, 0.15) is 5.70 Å². The molecule has 2 heterocycles. The van der Waals surface area contributed by atoms with E-state index in [2.05, 4.69) is 5.32 Å². The highest BCUT2D eigenvalue weighted by molar-refractivity contribution is 7.17. The minimum atomic E-state index is -0.349. The molecule has 1 aromatic carbocycles. The second kappa shape index (κ2) is 4.51. The van der Waals surface area contributed by atoms with Crippen molar-refractivity contribution in [2.45, 2.75) is 6.92 Å². The Bertz CT molecular complexity index is 702. The van der Waals surface area contributed by atoms with Crippen molar-refractivity contribution in [1.29, 1.82) is 0 Å². The van der Waals surface area contributed by atoms with Crippen LogP contribution in [0.5, 0.6) is 0 Å². The normalized spacial score (nSPS) is 17.5. The van der Waals surface area contributed by atoms with Crippen LogP contribution in [0, 0.1) is 0 Å². The Morgan fingerprint density at radius 3 is 2.84 bits per heavy atom. The number of fused-ring (bicyclic) bond motifs is 1. The van der Waals surface area contributed by atoms with Crippen molar-refractivity contribution in [3.05, 3.63) is 40.9 Å². The summed E-state index contributed by atoms with van der Waals surface area (Å²) >= 11 is 1.62. The van der Waals surface area contributed by atoms with E-state index in [4.69, 9.17) is 0 Å². The molecular weight excluding hydrogens is 260 g/mol. The number of rotatable bonds is 2. The topological polar surface area (TPSA) is 49.4 Å². The van der Waals surface area contributed by atoms with Crippen LogP contribution in [0.15, 0.2) is 35.3 Å². The highest BCUT2D eigenvalue weighted by Crippen LogP contribution is 2.27. The summed E-state index contributed by atoms with van der Waals surface area (Å²) in [6.45, 7) is 2.16. The summed E-state index contributed by atoms with van der Waals surface area (Å²) in [6, 6.07) is 7.65. The maximum absolute atomic E-state index is 12.0. The van der Waals surface area contributed by atoms with E-state index >= 15 is 0 Å². The fraction of sp³-hybridized carbons (Fsp3) is 0.143. The van der Waals surface area contributed by atoms with Crippen LogP contribution in [-0.4, -0.2) is 23.4 Å². The molecule has 0 saturated carbocycles. The number of hydrogen-bond acceptors (Lipinski definition) is 3. The van der Waals surface area contributed by atoms with Crippen LogP contribution >= 0.6 is 11.3 Å². The molecule has 3 rings (SSSR count). The van der Waals surface area contributed by atoms with Crippen molar-refractivity contribution in [3.63, 3.8) is 0 Å². The summed E-state index contributed by atoms with van der Waals surface area (Å²) in [5.74, 6) is -0.261. The van der Waals surface area contributed by atoms with Crippen LogP contribution in [0.3, 0.4) is 0 Å². The lowest BCUT2D eigenvalue weighted by molar-refractivity contribution is -0.122. The molecule has 3 amide bonds. The lowest BCUT2D eigenvalue weighted by atomic mass is 10.1. The summed E-state index contributed by atoms with van der Waals surface area (Å²) in [6.07, 6.45) is 1.74. The minimum absolute atomic E-state index is 0.261. The quantitative estimate of drug-likeness (QED) is 0.675. The van der Waals surface area contributed by atoms with E-state index in [-0.39, 0.29) is 11.9 Å². The largest absolute Gasteiger partial charge is 0.328 e. The van der Waals surface area contributed by atoms with Gasteiger partial charge in [-0.15, -0.1) is 11.3 Å². The van der Waals surface area contributed by atoms with Gasteiger partial charge in [0.15, 0.2) is 0 Å². The first kappa shape index (κ1) is 11.9. The molecule has 0 bridgehead atoms. The van der Waals surface area contributed by atoms with Gasteiger partial charge in [-0.2, -0.15) is 0 Å². The lowest BCUT2D eigenvalue weighted by Crippen LogP contribution is -2.30. The molecule has 1 N–H and O–H groups in total. The number of imide groups is 1. The Hall–Kier alpha value is -2.14. The van der Waals surface area contributed by atoms with E-state index in [1.165, 1.54) is 9.60 Å². The summed E-state index contributed by atoms with van der Waals surface area (Å²) in [7, 11) is 0. The molecule has 4 nitrogen and oxygen atoms in total. The molecule has 1 saturated heterocycles. The van der Waals surface area contributed by atoms with Crippen molar-refractivity contribution in [1.82, 2.24) is 10.2 Å². The second-order valence-electron chi connectivity index (χ2n) is 4.22. The number of benzene rings is 1. The van der Waals surface area contributed by atoms with E-state index in [0.717, 1.165) is 10.9 Å². The fourth-order valence-corrected chi connectivity index (χ4v) is 3.04. The van der Waals surface area contributed by atoms with Gasteiger partial charge in [0.2, 0.25) is 0 Å². The molecule has 2 aromatic rings. The predicted octanol–water partition coefficient (Wildman–Crippen LogP) is 2.81. The molecular formula is C14H12N2O2S. The van der Waals surface area contributed by atoms with Crippen molar-refractivity contribution in [2.75, 3.05) is 6.54 Å². The van der Waals surface area contributed by atoms with Crippen molar-refractivity contribution in [2.24, 2.45) is 0 Å². The van der Waals surface area contributed by atoms with E-state index in [9.17, 15) is 9.59 Å². The van der Waals surface area contributed by atoms with Gasteiger partial charge in [0, 0.05) is 11.2 Å². The smallest absolute Gasteiger partial charge is 0.303 e. The van der Waals surface area contributed by atoms with E-state index in [1.807, 2.05) is 29.6 Å². The zero-order chi connectivity index (χ0) is 13.4. The number of carbonyl (C=O) groups is 2. The number of nitrogens with zero attached hydrogens (tertiary/aromatic N) is 1. The third-order valence-electron chi connectivity index (χ3n) is 3.09. The average molecular weight is 272 g/mol. The first-order valence-corrected chi connectivity index (χ1v) is 6.89. The van der Waals surface area contributed by atoms with E-state index in [0.29, 0.717) is 12.2 Å². The standard InChI is InChI=1S/C14H12N2O2S/c1-2-16-13(17)11(15-14(16)18)7-9-8-19-12-6-4-3-5-10(9)12/h3-8H,2H2,1H3,(H,15,18). The van der Waals surface area contributed by atoms with Crippen molar-refractivity contribution < 1.29 is 9.59 Å². The minimum Gasteiger partial charge on any atom is -0.303 e. The maximum Gasteiger partial charge on any atom is 0.328 e. The zero-order valence-corrected chi connectivity index (χ0v) is 11.2. The molecule has 1 aliphatic heterocycles. The first-order chi connectivity index (χ1) is 9.20. The Kier molecular flexibility index (Phi) is 2.83. The molecule has 0 spiro atoms. The number of likely N-dealkylation sites (N-methyl/N-ethyl adjacent to an activating group) is 1. The third-order valence-corrected chi connectivity index (χ3v) is 4.07. The second-order valence-corrected chi connectivity index (χ2v) is 5.14. The van der Waals surface area contributed by atoms with Gasteiger partial charge in [-0.25, -0.2) is 4.79 Å². The van der Waals surface area contributed by atoms with Gasteiger partial charge in [-0.05, 0) is 35.4 Å². The number of nitrogens with one attached hydrogen (secondary N) is 1. The van der Waals surface area contributed by atoms with Crippen LogP contribution in [-0.2, 0) is 4.79 Å². The number of carbonyl (C=O) groups excluding carboxylic acids is 2. The van der Waals surface area contributed by atoms with Gasteiger partial charge < -0.3 is 5.32 Å². The predicted molar refractivity (Wildman–Crippen MR) is 75.7 cm³/mol. The summed E-state index contributed by atoms with van der Waals surface area (Å²) in [4.78, 5) is 24.8. The van der Waals surface area contributed by atoms with E-state index in [1.54, 1.807) is 24.3 Å². The number of hydrogen-bond donors (Lipinski definition) is 1. The van der Waals surface area contributed by atoms with Gasteiger partial charge in [0.25, 0.3) is 5.91 Å². The molecule has 0 radical (unpaired) electrons. The fourth-order valence-electron chi connectivity index (χ4n) is 2.12. The molecule has 96 valence electrons. The third kappa shape index (κ3) is 1.92. The molecule has 1 fully saturated rings. The van der Waals surface area contributed by atoms with Gasteiger partial charge in [-0.3, -0.25) is 9.69 Å². The first-order valence-electron chi connectivity index (χ1n) is 6.01. The van der Waals surface area contributed by atoms with Crippen LogP contribution in [0.1, 0.15) is 12.5 Å². The molecule has 0 unspecified atom stereocenters. The van der Waals surface area contributed by atoms with Gasteiger partial charge >= 0.3 is 6.03 Å². The van der Waals surface area contributed by atoms with Gasteiger partial charge in [-0.1, -0.05) is 18.2 Å². The van der Waals surface area contributed by atoms with Crippen LogP contribution in [0.4, 0.5) is 4.79 Å². The lowest BCUT2D eigenvalue weighted by Gasteiger charge is -2.05. The highest BCUT2D eigenvalue weighted by Gasteiger charge is 2.32. The van der Waals surface area contributed by atoms with Crippen LogP contribution in [0.25, 0.3) is 16.2 Å². The van der Waals surface area contributed by atoms with Crippen molar-refractivity contribution in [3.8, 4) is 0 Å². The molecule has 0 aliphatic carbocycles. The molecule has 1 aliphatic rings. The number of thiophene rings is 1. The molecule has 1 aromatic heterocycles. The van der Waals surface area contributed by atoms with Crippen molar-refractivity contribution >= 4 is 39.4 Å². The van der Waals surface area contributed by atoms with Crippen LogP contribution in [0.2, 0.25) is 0 Å². The Morgan fingerprint density at radius 1 is 1.32 bits per heavy atom. The number of amides is 3. The van der Waals surface area contributed by atoms with Gasteiger partial charge in [0.05, 0.1) is 0 Å². The molecule has 0 atom stereocenters. The molecule has 19 heavy (non-hydrogen) atoms. The highest BCUT2D eigenvalue weighted by atomic mass is 32.1. The summed E-state index contributed by atoms with van der Waals surface area (Å²) in [5, 5.41) is 5.70. The summed E-state index contributed by atoms with van der Waals surface area (Å²) in [5.41, 5.74) is 1.30. The Labute approximate surface area is 114 Å². The monoisotopic (exact) mass is 272 g/mol. The molecule has 5 heteroatoms. The Balaban J connectivity index is 2.03. The Morgan fingerprint density at radius 2 is 2.11 bits per heavy atom. The summed E-state index contributed by atoms with van der Waals surface area (Å²) < 4.78 is 1.17.